The predicted octanol–water partition coefficient (Wildman–Crippen LogP) is 5.11. The van der Waals surface area contributed by atoms with E-state index < -0.39 is 0 Å². The van der Waals surface area contributed by atoms with Crippen LogP contribution < -0.4 is 5.32 Å². The van der Waals surface area contributed by atoms with Crippen LogP contribution in [-0.2, 0) is 11.3 Å². The number of fused-ring (bicyclic) bond motifs is 1. The monoisotopic (exact) mass is 404 g/mol. The Morgan fingerprint density at radius 1 is 0.935 bits per heavy atom. The molecule has 5 aromatic rings. The fraction of sp³-hybridized carbons (Fsp3) is 0.115. The molecule has 2 aromatic heterocycles. The zero-order valence-electron chi connectivity index (χ0n) is 16.8. The summed E-state index contributed by atoms with van der Waals surface area (Å²) in [6, 6.07) is 22.7. The number of nitrogens with one attached hydrogen (secondary N) is 1. The number of carbonyl (C=O) groups is 1. The molecular formula is C26H20N4O. The minimum absolute atomic E-state index is 0.0301. The molecule has 5 nitrogen and oxygen atoms in total. The van der Waals surface area contributed by atoms with Crippen LogP contribution in [0.4, 0.5) is 5.69 Å². The maximum atomic E-state index is 12.8. The minimum Gasteiger partial charge on any atom is -0.343 e. The number of carbonyl (C=O) groups excluding carboxylic acids is 1. The fourth-order valence-electron chi connectivity index (χ4n) is 4.66. The number of benzene rings is 3. The van der Waals surface area contributed by atoms with E-state index in [-0.39, 0.29) is 11.8 Å². The highest BCUT2D eigenvalue weighted by atomic mass is 16.1. The Kier molecular flexibility index (Phi) is 4.06. The number of anilines is 1. The van der Waals surface area contributed by atoms with Gasteiger partial charge in [-0.15, -0.1) is 0 Å². The van der Waals surface area contributed by atoms with Gasteiger partial charge in [-0.05, 0) is 41.0 Å². The van der Waals surface area contributed by atoms with E-state index in [0.29, 0.717) is 6.42 Å². The van der Waals surface area contributed by atoms with Crippen LogP contribution in [0.3, 0.4) is 0 Å². The summed E-state index contributed by atoms with van der Waals surface area (Å²) in [7, 11) is 0. The molecule has 6 rings (SSSR count). The van der Waals surface area contributed by atoms with Crippen LogP contribution in [-0.4, -0.2) is 20.4 Å². The molecule has 1 atom stereocenters. The third-order valence-corrected chi connectivity index (χ3v) is 6.07. The first-order valence-corrected chi connectivity index (χ1v) is 10.4. The van der Waals surface area contributed by atoms with Crippen molar-refractivity contribution in [2.45, 2.75) is 18.9 Å². The van der Waals surface area contributed by atoms with Crippen molar-refractivity contribution < 1.29 is 4.79 Å². The van der Waals surface area contributed by atoms with E-state index >= 15 is 0 Å². The second-order valence-corrected chi connectivity index (χ2v) is 8.01. The van der Waals surface area contributed by atoms with E-state index in [1.54, 1.807) is 12.4 Å². The third kappa shape index (κ3) is 3.06. The Morgan fingerprint density at radius 3 is 2.65 bits per heavy atom. The summed E-state index contributed by atoms with van der Waals surface area (Å²) in [6.45, 7) is 0.782. The first-order valence-electron chi connectivity index (χ1n) is 10.4. The lowest BCUT2D eigenvalue weighted by Crippen LogP contribution is -2.14. The van der Waals surface area contributed by atoms with Gasteiger partial charge in [-0.2, -0.15) is 0 Å². The van der Waals surface area contributed by atoms with Crippen molar-refractivity contribution in [2.24, 2.45) is 0 Å². The molecule has 0 bridgehead atoms. The van der Waals surface area contributed by atoms with E-state index in [4.69, 9.17) is 0 Å². The molecule has 0 radical (unpaired) electrons. The van der Waals surface area contributed by atoms with Gasteiger partial charge in [-0.25, -0.2) is 0 Å². The zero-order valence-corrected chi connectivity index (χ0v) is 16.8. The fourth-order valence-corrected chi connectivity index (χ4v) is 4.66. The molecule has 31 heavy (non-hydrogen) atoms. The second kappa shape index (κ2) is 7.06. The van der Waals surface area contributed by atoms with Gasteiger partial charge in [0.2, 0.25) is 5.91 Å². The van der Waals surface area contributed by atoms with Crippen molar-refractivity contribution in [1.82, 2.24) is 14.5 Å². The largest absolute Gasteiger partial charge is 0.343 e. The highest BCUT2D eigenvalue weighted by Crippen LogP contribution is 2.41. The molecule has 3 heterocycles. The average Bonchev–Trinajstić information content (AvgIpc) is 3.09. The standard InChI is InChI=1S/C26H20N4O/c31-25-14-19(18-9-10-21-23(13-18)28-12-11-27-21)20-16-30(15-17-5-2-1-3-6-17)24-8-4-7-22(29-25)26(20)24/h1-13,16,19H,14-15H2,(H,29,31). The van der Waals surface area contributed by atoms with Gasteiger partial charge in [0.15, 0.2) is 0 Å². The molecule has 0 fully saturated rings. The highest BCUT2D eigenvalue weighted by Gasteiger charge is 2.28. The van der Waals surface area contributed by atoms with Crippen LogP contribution in [0.5, 0.6) is 0 Å². The molecule has 1 N–H and O–H groups in total. The summed E-state index contributed by atoms with van der Waals surface area (Å²) in [4.78, 5) is 21.6. The van der Waals surface area contributed by atoms with Crippen molar-refractivity contribution in [3.8, 4) is 0 Å². The van der Waals surface area contributed by atoms with Gasteiger partial charge in [0.25, 0.3) is 0 Å². The van der Waals surface area contributed by atoms with E-state index in [9.17, 15) is 4.79 Å². The van der Waals surface area contributed by atoms with Crippen LogP contribution in [0, 0.1) is 0 Å². The first kappa shape index (κ1) is 17.8. The lowest BCUT2D eigenvalue weighted by Gasteiger charge is -2.15. The molecular weight excluding hydrogens is 384 g/mol. The summed E-state index contributed by atoms with van der Waals surface area (Å²) in [6.07, 6.45) is 6.01. The summed E-state index contributed by atoms with van der Waals surface area (Å²) in [5.41, 5.74) is 7.21. The van der Waals surface area contributed by atoms with Crippen molar-refractivity contribution in [3.05, 3.63) is 102 Å². The van der Waals surface area contributed by atoms with Gasteiger partial charge >= 0.3 is 0 Å². The van der Waals surface area contributed by atoms with Crippen LogP contribution in [0.25, 0.3) is 21.9 Å². The Morgan fingerprint density at radius 2 is 1.77 bits per heavy atom. The summed E-state index contributed by atoms with van der Waals surface area (Å²) in [5.74, 6) is -0.0165. The normalized spacial score (nSPS) is 15.7. The van der Waals surface area contributed by atoms with Gasteiger partial charge < -0.3 is 9.88 Å². The molecule has 150 valence electrons. The van der Waals surface area contributed by atoms with Crippen LogP contribution in [0.1, 0.15) is 29.0 Å². The van der Waals surface area contributed by atoms with E-state index in [0.717, 1.165) is 39.7 Å². The van der Waals surface area contributed by atoms with Crippen LogP contribution in [0.15, 0.2) is 85.3 Å². The molecule has 1 amide bonds. The molecule has 0 saturated heterocycles. The number of aromatic nitrogens is 3. The van der Waals surface area contributed by atoms with Crippen LogP contribution in [0.2, 0.25) is 0 Å². The SMILES string of the molecule is O=C1CC(c2ccc3nccnc3c2)c2cn(Cc3ccccc3)c3cccc(c23)N1. The number of hydrogen-bond acceptors (Lipinski definition) is 3. The van der Waals surface area contributed by atoms with E-state index in [1.165, 1.54) is 11.1 Å². The quantitative estimate of drug-likeness (QED) is 0.455. The molecule has 5 heteroatoms. The number of hydrogen-bond donors (Lipinski definition) is 1. The molecule has 0 spiro atoms. The summed E-state index contributed by atoms with van der Waals surface area (Å²) < 4.78 is 2.29. The predicted molar refractivity (Wildman–Crippen MR) is 122 cm³/mol. The summed E-state index contributed by atoms with van der Waals surface area (Å²) in [5, 5.41) is 4.24. The number of amides is 1. The van der Waals surface area contributed by atoms with Crippen molar-refractivity contribution >= 4 is 33.5 Å². The Hall–Kier alpha value is -3.99. The number of rotatable bonds is 3. The Balaban J connectivity index is 1.54. The van der Waals surface area contributed by atoms with Crippen molar-refractivity contribution in [1.29, 1.82) is 0 Å². The van der Waals surface area contributed by atoms with Gasteiger partial charge in [0.1, 0.15) is 0 Å². The molecule has 0 saturated carbocycles. The second-order valence-electron chi connectivity index (χ2n) is 8.01. The maximum absolute atomic E-state index is 12.8. The molecule has 1 aliphatic rings. The van der Waals surface area contributed by atoms with Gasteiger partial charge in [-0.1, -0.05) is 42.5 Å². The highest BCUT2D eigenvalue weighted by molar-refractivity contribution is 6.06. The van der Waals surface area contributed by atoms with E-state index in [2.05, 4.69) is 68.5 Å². The smallest absolute Gasteiger partial charge is 0.225 e. The first-order chi connectivity index (χ1) is 15.3. The third-order valence-electron chi connectivity index (χ3n) is 6.07. The lowest BCUT2D eigenvalue weighted by molar-refractivity contribution is -0.116. The van der Waals surface area contributed by atoms with Gasteiger partial charge in [0.05, 0.1) is 22.2 Å². The molecule has 1 aliphatic heterocycles. The van der Waals surface area contributed by atoms with Crippen LogP contribution >= 0.6 is 0 Å². The summed E-state index contributed by atoms with van der Waals surface area (Å²) >= 11 is 0. The molecule has 1 unspecified atom stereocenters. The van der Waals surface area contributed by atoms with E-state index in [1.807, 2.05) is 24.3 Å². The zero-order chi connectivity index (χ0) is 20.8. The lowest BCUT2D eigenvalue weighted by atomic mass is 9.88. The van der Waals surface area contributed by atoms with Crippen molar-refractivity contribution in [2.75, 3.05) is 5.32 Å². The Bertz CT molecular complexity index is 1440. The number of nitrogens with zero attached hydrogens (tertiary/aromatic N) is 3. The topological polar surface area (TPSA) is 59.8 Å². The molecule has 3 aromatic carbocycles. The van der Waals surface area contributed by atoms with Gasteiger partial charge in [-0.3, -0.25) is 14.8 Å². The van der Waals surface area contributed by atoms with Crippen molar-refractivity contribution in [3.63, 3.8) is 0 Å². The Labute approximate surface area is 179 Å². The minimum atomic E-state index is -0.0467. The average molecular weight is 404 g/mol. The molecule has 0 aliphatic carbocycles. The van der Waals surface area contributed by atoms with Gasteiger partial charge in [0, 0.05) is 42.9 Å². The maximum Gasteiger partial charge on any atom is 0.225 e.